The molecule has 1 heteroatoms. The van der Waals surface area contributed by atoms with Crippen LogP contribution in [0.4, 0.5) is 0 Å². The molecule has 2 rings (SSSR count). The van der Waals surface area contributed by atoms with E-state index in [1.165, 1.54) is 58.0 Å². The molecule has 1 saturated heterocycles. The van der Waals surface area contributed by atoms with E-state index in [0.717, 1.165) is 17.8 Å². The van der Waals surface area contributed by atoms with Crippen LogP contribution >= 0.6 is 0 Å². The first-order valence-corrected chi connectivity index (χ1v) is 6.57. The highest BCUT2D eigenvalue weighted by molar-refractivity contribution is 4.79. The Hall–Kier alpha value is -0.0400. The van der Waals surface area contributed by atoms with E-state index in [9.17, 15) is 0 Å². The van der Waals surface area contributed by atoms with Crippen LogP contribution in [-0.4, -0.2) is 13.1 Å². The van der Waals surface area contributed by atoms with Crippen molar-refractivity contribution >= 4 is 0 Å². The van der Waals surface area contributed by atoms with Crippen molar-refractivity contribution in [3.05, 3.63) is 0 Å². The summed E-state index contributed by atoms with van der Waals surface area (Å²) in [7, 11) is 0. The van der Waals surface area contributed by atoms with Gasteiger partial charge in [-0.2, -0.15) is 0 Å². The van der Waals surface area contributed by atoms with Gasteiger partial charge in [0.15, 0.2) is 0 Å². The number of hydrogen-bond donors (Lipinski definition) is 1. The van der Waals surface area contributed by atoms with Crippen LogP contribution in [0.5, 0.6) is 0 Å². The summed E-state index contributed by atoms with van der Waals surface area (Å²) in [6.45, 7) is 5.01. The molecule has 82 valence electrons. The quantitative estimate of drug-likeness (QED) is 0.677. The molecule has 1 N–H and O–H groups in total. The fourth-order valence-electron chi connectivity index (χ4n) is 3.36. The summed E-state index contributed by atoms with van der Waals surface area (Å²) in [4.78, 5) is 0. The van der Waals surface area contributed by atoms with Crippen LogP contribution in [0.1, 0.15) is 51.9 Å². The van der Waals surface area contributed by atoms with Gasteiger partial charge in [0, 0.05) is 0 Å². The standard InChI is InChI=1S/C13H25N/c1-11-5-4-7-12(9-11)13-6-2-3-8-14-10-13/h11-14H,2-10H2,1H3. The Labute approximate surface area is 88.7 Å². The second-order valence-electron chi connectivity index (χ2n) is 5.49. The van der Waals surface area contributed by atoms with Gasteiger partial charge in [-0.15, -0.1) is 0 Å². The van der Waals surface area contributed by atoms with Crippen LogP contribution in [0, 0.1) is 17.8 Å². The van der Waals surface area contributed by atoms with Crippen molar-refractivity contribution in [2.45, 2.75) is 51.9 Å². The largest absolute Gasteiger partial charge is 0.316 e. The van der Waals surface area contributed by atoms with E-state index in [1.54, 1.807) is 0 Å². The van der Waals surface area contributed by atoms with Crippen molar-refractivity contribution in [2.24, 2.45) is 17.8 Å². The van der Waals surface area contributed by atoms with E-state index < -0.39 is 0 Å². The van der Waals surface area contributed by atoms with Crippen LogP contribution in [0.25, 0.3) is 0 Å². The molecular formula is C13H25N. The van der Waals surface area contributed by atoms with Crippen molar-refractivity contribution in [1.82, 2.24) is 5.32 Å². The van der Waals surface area contributed by atoms with E-state index in [4.69, 9.17) is 0 Å². The molecule has 1 aliphatic heterocycles. The Morgan fingerprint density at radius 2 is 1.79 bits per heavy atom. The third-order valence-electron chi connectivity index (χ3n) is 4.23. The van der Waals surface area contributed by atoms with Crippen molar-refractivity contribution in [3.63, 3.8) is 0 Å². The molecule has 1 saturated carbocycles. The molecule has 0 spiro atoms. The smallest absolute Gasteiger partial charge is 0.00179 e. The highest BCUT2D eigenvalue weighted by Gasteiger charge is 2.26. The maximum Gasteiger partial charge on any atom is -0.00179 e. The second-order valence-corrected chi connectivity index (χ2v) is 5.49. The third kappa shape index (κ3) is 2.73. The molecule has 1 aliphatic carbocycles. The van der Waals surface area contributed by atoms with E-state index in [2.05, 4.69) is 12.2 Å². The zero-order valence-electron chi connectivity index (χ0n) is 9.60. The normalized spacial score (nSPS) is 40.5. The van der Waals surface area contributed by atoms with Crippen LogP contribution in [0.15, 0.2) is 0 Å². The highest BCUT2D eigenvalue weighted by atomic mass is 14.9. The number of nitrogens with one attached hydrogen (secondary N) is 1. The highest BCUT2D eigenvalue weighted by Crippen LogP contribution is 2.35. The van der Waals surface area contributed by atoms with E-state index >= 15 is 0 Å². The topological polar surface area (TPSA) is 12.0 Å². The Morgan fingerprint density at radius 3 is 2.64 bits per heavy atom. The molecule has 3 unspecified atom stereocenters. The fourth-order valence-corrected chi connectivity index (χ4v) is 3.36. The van der Waals surface area contributed by atoms with Gasteiger partial charge in [0.1, 0.15) is 0 Å². The number of hydrogen-bond acceptors (Lipinski definition) is 1. The van der Waals surface area contributed by atoms with E-state index in [0.29, 0.717) is 0 Å². The van der Waals surface area contributed by atoms with Crippen LogP contribution in [0.2, 0.25) is 0 Å². The van der Waals surface area contributed by atoms with Gasteiger partial charge < -0.3 is 5.32 Å². The second kappa shape index (κ2) is 5.16. The molecule has 0 amide bonds. The minimum Gasteiger partial charge on any atom is -0.316 e. The van der Waals surface area contributed by atoms with Gasteiger partial charge in [-0.3, -0.25) is 0 Å². The molecule has 0 radical (unpaired) electrons. The summed E-state index contributed by atoms with van der Waals surface area (Å²) >= 11 is 0. The Bertz CT molecular complexity index is 159. The molecule has 1 nitrogen and oxygen atoms in total. The zero-order chi connectivity index (χ0) is 9.80. The summed E-state index contributed by atoms with van der Waals surface area (Å²) in [6, 6.07) is 0. The average Bonchev–Trinajstić information content (AvgIpc) is 2.45. The fraction of sp³-hybridized carbons (Fsp3) is 1.00. The molecule has 3 atom stereocenters. The maximum atomic E-state index is 3.61. The van der Waals surface area contributed by atoms with E-state index in [1.807, 2.05) is 0 Å². The Balaban J connectivity index is 1.85. The number of rotatable bonds is 1. The van der Waals surface area contributed by atoms with Crippen LogP contribution < -0.4 is 5.32 Å². The lowest BCUT2D eigenvalue weighted by molar-refractivity contribution is 0.196. The summed E-state index contributed by atoms with van der Waals surface area (Å²) in [6.07, 6.45) is 10.3. The molecule has 0 aromatic heterocycles. The first-order chi connectivity index (χ1) is 6.86. The van der Waals surface area contributed by atoms with Crippen molar-refractivity contribution in [1.29, 1.82) is 0 Å². The zero-order valence-corrected chi connectivity index (χ0v) is 9.60. The SMILES string of the molecule is CC1CCCC(C2CCCCNC2)C1. The van der Waals surface area contributed by atoms with E-state index in [-0.39, 0.29) is 0 Å². The predicted molar refractivity (Wildman–Crippen MR) is 61.3 cm³/mol. The van der Waals surface area contributed by atoms with Crippen LogP contribution in [-0.2, 0) is 0 Å². The Kier molecular flexibility index (Phi) is 3.86. The molecule has 0 bridgehead atoms. The minimum atomic E-state index is 0.997. The monoisotopic (exact) mass is 195 g/mol. The van der Waals surface area contributed by atoms with Gasteiger partial charge in [0.2, 0.25) is 0 Å². The molecule has 2 fully saturated rings. The lowest BCUT2D eigenvalue weighted by atomic mass is 9.74. The molecule has 0 aromatic rings. The lowest BCUT2D eigenvalue weighted by Crippen LogP contribution is -2.29. The minimum absolute atomic E-state index is 0.997. The lowest BCUT2D eigenvalue weighted by Gasteiger charge is -2.32. The maximum absolute atomic E-state index is 3.61. The summed E-state index contributed by atoms with van der Waals surface area (Å²) in [5.74, 6) is 3.04. The molecular weight excluding hydrogens is 170 g/mol. The Morgan fingerprint density at radius 1 is 0.929 bits per heavy atom. The van der Waals surface area contributed by atoms with Gasteiger partial charge in [-0.1, -0.05) is 32.6 Å². The first kappa shape index (κ1) is 10.5. The summed E-state index contributed by atoms with van der Waals surface area (Å²) < 4.78 is 0. The van der Waals surface area contributed by atoms with Gasteiger partial charge >= 0.3 is 0 Å². The van der Waals surface area contributed by atoms with Gasteiger partial charge in [0.25, 0.3) is 0 Å². The van der Waals surface area contributed by atoms with Gasteiger partial charge in [0.05, 0.1) is 0 Å². The summed E-state index contributed by atoms with van der Waals surface area (Å²) in [5.41, 5.74) is 0. The third-order valence-corrected chi connectivity index (χ3v) is 4.23. The average molecular weight is 195 g/mol. The van der Waals surface area contributed by atoms with Crippen molar-refractivity contribution in [2.75, 3.05) is 13.1 Å². The van der Waals surface area contributed by atoms with Crippen molar-refractivity contribution in [3.8, 4) is 0 Å². The molecule has 2 aliphatic rings. The molecule has 0 aromatic carbocycles. The van der Waals surface area contributed by atoms with Gasteiger partial charge in [-0.25, -0.2) is 0 Å². The summed E-state index contributed by atoms with van der Waals surface area (Å²) in [5, 5.41) is 3.61. The van der Waals surface area contributed by atoms with Crippen molar-refractivity contribution < 1.29 is 0 Å². The van der Waals surface area contributed by atoms with Crippen LogP contribution in [0.3, 0.4) is 0 Å². The first-order valence-electron chi connectivity index (χ1n) is 6.57. The predicted octanol–water partition coefficient (Wildman–Crippen LogP) is 3.20. The molecule has 1 heterocycles. The molecule has 14 heavy (non-hydrogen) atoms. The van der Waals surface area contributed by atoms with Gasteiger partial charge in [-0.05, 0) is 50.1 Å².